The van der Waals surface area contributed by atoms with E-state index in [1.54, 1.807) is 0 Å². The number of carbonyl (C=O) groups is 1. The highest BCUT2D eigenvalue weighted by Gasteiger charge is 2.47. The normalized spacial score (nSPS) is 23.3. The minimum absolute atomic E-state index is 0.145. The molecule has 4 rings (SSSR count). The van der Waals surface area contributed by atoms with E-state index in [1.165, 1.54) is 0 Å². The third kappa shape index (κ3) is 2.25. The van der Waals surface area contributed by atoms with E-state index < -0.39 is 0 Å². The summed E-state index contributed by atoms with van der Waals surface area (Å²) in [6.07, 6.45) is 3.23. The van der Waals surface area contributed by atoms with Crippen molar-refractivity contribution in [2.75, 3.05) is 19.8 Å². The Bertz CT molecular complexity index is 789. The van der Waals surface area contributed by atoms with Gasteiger partial charge in [0.25, 0.3) is 5.91 Å². The Kier molecular flexibility index (Phi) is 3.64. The molecule has 2 aliphatic rings. The van der Waals surface area contributed by atoms with Crippen LogP contribution in [0.25, 0.3) is 11.0 Å². The molecule has 0 N–H and O–H groups in total. The molecule has 1 spiro atoms. The Morgan fingerprint density at radius 1 is 1.29 bits per heavy atom. The first-order valence-corrected chi connectivity index (χ1v) is 8.84. The number of hydrogen-bond acceptors (Lipinski definition) is 3. The van der Waals surface area contributed by atoms with Crippen molar-refractivity contribution in [2.45, 2.75) is 39.2 Å². The van der Waals surface area contributed by atoms with Gasteiger partial charge in [-0.05, 0) is 56.7 Å². The summed E-state index contributed by atoms with van der Waals surface area (Å²) in [7, 11) is 1.99. The predicted molar refractivity (Wildman–Crippen MR) is 93.1 cm³/mol. The van der Waals surface area contributed by atoms with Gasteiger partial charge in [0.2, 0.25) is 0 Å². The average molecular weight is 327 g/mol. The third-order valence-corrected chi connectivity index (χ3v) is 6.31. The van der Waals surface area contributed by atoms with E-state index in [9.17, 15) is 4.79 Å². The van der Waals surface area contributed by atoms with Gasteiger partial charge in [-0.25, -0.2) is 4.98 Å². The van der Waals surface area contributed by atoms with Gasteiger partial charge in [-0.2, -0.15) is 0 Å². The number of nitrogens with zero attached hydrogens (tertiary/aromatic N) is 3. The zero-order valence-electron chi connectivity index (χ0n) is 14.7. The Morgan fingerprint density at radius 2 is 2.04 bits per heavy atom. The van der Waals surface area contributed by atoms with Crippen LogP contribution in [-0.2, 0) is 11.8 Å². The van der Waals surface area contributed by atoms with Crippen molar-refractivity contribution in [1.29, 1.82) is 0 Å². The lowest BCUT2D eigenvalue weighted by atomic mass is 9.74. The van der Waals surface area contributed by atoms with Gasteiger partial charge in [-0.1, -0.05) is 0 Å². The van der Waals surface area contributed by atoms with Crippen LogP contribution in [0.5, 0.6) is 0 Å². The summed E-state index contributed by atoms with van der Waals surface area (Å²) in [4.78, 5) is 19.7. The number of amides is 1. The lowest BCUT2D eigenvalue weighted by molar-refractivity contribution is 0.000176. The number of aromatic nitrogens is 2. The SMILES string of the molecule is Cc1nc2ccc(C(=O)N3CCC4(CCOCC4)C3C)cc2n1C. The van der Waals surface area contributed by atoms with Crippen molar-refractivity contribution >= 4 is 16.9 Å². The first-order chi connectivity index (χ1) is 11.5. The smallest absolute Gasteiger partial charge is 0.254 e. The molecule has 1 amide bonds. The number of rotatable bonds is 1. The maximum Gasteiger partial charge on any atom is 0.254 e. The Labute approximate surface area is 142 Å². The van der Waals surface area contributed by atoms with E-state index in [-0.39, 0.29) is 17.4 Å². The molecule has 2 aromatic rings. The van der Waals surface area contributed by atoms with Crippen molar-refractivity contribution in [3.8, 4) is 0 Å². The van der Waals surface area contributed by atoms with Crippen molar-refractivity contribution < 1.29 is 9.53 Å². The van der Waals surface area contributed by atoms with Crippen LogP contribution in [0.1, 0.15) is 42.4 Å². The van der Waals surface area contributed by atoms with Gasteiger partial charge in [0.1, 0.15) is 5.82 Å². The molecule has 2 fully saturated rings. The molecule has 24 heavy (non-hydrogen) atoms. The minimum atomic E-state index is 0.145. The lowest BCUT2D eigenvalue weighted by Crippen LogP contribution is -2.43. The fourth-order valence-electron chi connectivity index (χ4n) is 4.41. The highest BCUT2D eigenvalue weighted by Crippen LogP contribution is 2.45. The molecule has 5 heteroatoms. The number of imidazole rings is 1. The highest BCUT2D eigenvalue weighted by molar-refractivity contribution is 5.97. The van der Waals surface area contributed by atoms with Gasteiger partial charge >= 0.3 is 0 Å². The first-order valence-electron chi connectivity index (χ1n) is 8.84. The molecule has 0 bridgehead atoms. The van der Waals surface area contributed by atoms with Crippen LogP contribution < -0.4 is 0 Å². The second-order valence-corrected chi connectivity index (χ2v) is 7.32. The summed E-state index contributed by atoms with van der Waals surface area (Å²) in [5, 5.41) is 0. The number of ether oxygens (including phenoxy) is 1. The van der Waals surface area contributed by atoms with Crippen LogP contribution in [-0.4, -0.2) is 46.2 Å². The molecule has 1 aromatic carbocycles. The quantitative estimate of drug-likeness (QED) is 0.809. The summed E-state index contributed by atoms with van der Waals surface area (Å²) < 4.78 is 7.58. The molecule has 5 nitrogen and oxygen atoms in total. The number of fused-ring (bicyclic) bond motifs is 1. The van der Waals surface area contributed by atoms with Crippen molar-refractivity contribution in [2.24, 2.45) is 12.5 Å². The van der Waals surface area contributed by atoms with E-state index in [0.29, 0.717) is 0 Å². The van der Waals surface area contributed by atoms with Gasteiger partial charge in [-0.15, -0.1) is 0 Å². The molecule has 3 heterocycles. The Balaban J connectivity index is 1.63. The van der Waals surface area contributed by atoms with Crippen molar-refractivity contribution in [3.05, 3.63) is 29.6 Å². The van der Waals surface area contributed by atoms with Crippen LogP contribution in [0.2, 0.25) is 0 Å². The Hall–Kier alpha value is -1.88. The van der Waals surface area contributed by atoms with Crippen LogP contribution in [0.3, 0.4) is 0 Å². The molecule has 0 saturated carbocycles. The maximum absolute atomic E-state index is 13.1. The van der Waals surface area contributed by atoms with Gasteiger partial charge in [-0.3, -0.25) is 4.79 Å². The molecule has 2 saturated heterocycles. The minimum Gasteiger partial charge on any atom is -0.381 e. The topological polar surface area (TPSA) is 47.4 Å². The van der Waals surface area contributed by atoms with E-state index in [1.807, 2.05) is 36.7 Å². The molecule has 1 aromatic heterocycles. The van der Waals surface area contributed by atoms with E-state index >= 15 is 0 Å². The zero-order valence-corrected chi connectivity index (χ0v) is 14.7. The summed E-state index contributed by atoms with van der Waals surface area (Å²) in [5.41, 5.74) is 2.98. The number of benzene rings is 1. The molecule has 0 radical (unpaired) electrons. The zero-order chi connectivity index (χ0) is 16.9. The third-order valence-electron chi connectivity index (χ3n) is 6.31. The maximum atomic E-state index is 13.1. The predicted octanol–water partition coefficient (Wildman–Crippen LogP) is 2.91. The van der Waals surface area contributed by atoms with Crippen molar-refractivity contribution in [1.82, 2.24) is 14.5 Å². The second kappa shape index (κ2) is 5.59. The molecule has 128 valence electrons. The molecule has 0 aliphatic carbocycles. The number of aryl methyl sites for hydroxylation is 2. The number of hydrogen-bond donors (Lipinski definition) is 0. The standard InChI is InChI=1S/C19H25N3O2/c1-13-19(7-10-24-11-8-19)6-9-22(13)18(23)15-4-5-16-17(12-15)21(3)14(2)20-16/h4-5,12-13H,6-11H2,1-3H3. The fraction of sp³-hybridized carbons (Fsp3) is 0.579. The van der Waals surface area contributed by atoms with E-state index in [0.717, 1.165) is 61.4 Å². The van der Waals surface area contributed by atoms with Gasteiger partial charge < -0.3 is 14.2 Å². The van der Waals surface area contributed by atoms with Crippen LogP contribution in [0.4, 0.5) is 0 Å². The van der Waals surface area contributed by atoms with Crippen LogP contribution in [0, 0.1) is 12.3 Å². The summed E-state index contributed by atoms with van der Waals surface area (Å²) in [6.45, 7) is 6.70. The Morgan fingerprint density at radius 3 is 2.79 bits per heavy atom. The number of likely N-dealkylation sites (tertiary alicyclic amines) is 1. The summed E-state index contributed by atoms with van der Waals surface area (Å²) in [6, 6.07) is 6.14. The number of carbonyl (C=O) groups excluding carboxylic acids is 1. The largest absolute Gasteiger partial charge is 0.381 e. The summed E-state index contributed by atoms with van der Waals surface area (Å²) in [5.74, 6) is 1.11. The molecular weight excluding hydrogens is 302 g/mol. The van der Waals surface area contributed by atoms with Crippen molar-refractivity contribution in [3.63, 3.8) is 0 Å². The van der Waals surface area contributed by atoms with E-state index in [4.69, 9.17) is 4.74 Å². The monoisotopic (exact) mass is 327 g/mol. The van der Waals surface area contributed by atoms with Crippen LogP contribution in [0.15, 0.2) is 18.2 Å². The first kappa shape index (κ1) is 15.6. The lowest BCUT2D eigenvalue weighted by Gasteiger charge is -2.38. The molecule has 2 aliphatic heterocycles. The molecular formula is C19H25N3O2. The van der Waals surface area contributed by atoms with E-state index in [2.05, 4.69) is 16.8 Å². The summed E-state index contributed by atoms with van der Waals surface area (Å²) >= 11 is 0. The molecule has 1 atom stereocenters. The average Bonchev–Trinajstić information content (AvgIpc) is 3.06. The van der Waals surface area contributed by atoms with Gasteiger partial charge in [0.15, 0.2) is 0 Å². The van der Waals surface area contributed by atoms with Gasteiger partial charge in [0, 0.05) is 38.4 Å². The second-order valence-electron chi connectivity index (χ2n) is 7.32. The fourth-order valence-corrected chi connectivity index (χ4v) is 4.41. The highest BCUT2D eigenvalue weighted by atomic mass is 16.5. The van der Waals surface area contributed by atoms with Gasteiger partial charge in [0.05, 0.1) is 11.0 Å². The van der Waals surface area contributed by atoms with Crippen LogP contribution >= 0.6 is 0 Å². The molecule has 1 unspecified atom stereocenters.